The van der Waals surface area contributed by atoms with Gasteiger partial charge in [-0.3, -0.25) is 0 Å². The van der Waals surface area contributed by atoms with Crippen LogP contribution in [-0.2, 0) is 10.5 Å². The molecule has 0 radical (unpaired) electrons. The molecule has 0 spiro atoms. The van der Waals surface area contributed by atoms with Crippen molar-refractivity contribution in [3.05, 3.63) is 35.4 Å². The third kappa shape index (κ3) is 3.41. The molecule has 1 aliphatic heterocycles. The SMILES string of the molecule is CCC(N)c1ccccc1C[SiH]1CCCCO1. The molecule has 1 aromatic rings. The molecule has 3 heteroatoms. The molecule has 1 aromatic carbocycles. The number of benzene rings is 1. The smallest absolute Gasteiger partial charge is 0.181 e. The molecule has 1 fully saturated rings. The zero-order valence-corrected chi connectivity index (χ0v) is 11.8. The number of hydrogen-bond acceptors (Lipinski definition) is 2. The largest absolute Gasteiger partial charge is 0.420 e. The third-order valence-electron chi connectivity index (χ3n) is 3.62. The van der Waals surface area contributed by atoms with Gasteiger partial charge in [0.25, 0.3) is 0 Å². The molecular formula is C14H23NOSi. The van der Waals surface area contributed by atoms with Gasteiger partial charge < -0.3 is 10.2 Å². The van der Waals surface area contributed by atoms with E-state index in [0.29, 0.717) is 0 Å². The number of hydrogen-bond donors (Lipinski definition) is 1. The lowest BCUT2D eigenvalue weighted by Gasteiger charge is -2.23. The van der Waals surface area contributed by atoms with Crippen LogP contribution in [0.3, 0.4) is 0 Å². The van der Waals surface area contributed by atoms with Gasteiger partial charge in [-0.05, 0) is 36.1 Å². The van der Waals surface area contributed by atoms with Crippen LogP contribution in [-0.4, -0.2) is 15.6 Å². The summed E-state index contributed by atoms with van der Waals surface area (Å²) in [6, 6.07) is 11.3. The third-order valence-corrected chi connectivity index (χ3v) is 6.27. The summed E-state index contributed by atoms with van der Waals surface area (Å²) in [4.78, 5) is 0. The van der Waals surface area contributed by atoms with E-state index in [1.807, 2.05) is 0 Å². The minimum atomic E-state index is -0.989. The van der Waals surface area contributed by atoms with E-state index in [1.54, 1.807) is 0 Å². The molecule has 0 aliphatic carbocycles. The first-order chi connectivity index (χ1) is 8.31. The maximum absolute atomic E-state index is 6.17. The van der Waals surface area contributed by atoms with Crippen molar-refractivity contribution in [1.29, 1.82) is 0 Å². The van der Waals surface area contributed by atoms with Crippen molar-refractivity contribution in [3.8, 4) is 0 Å². The van der Waals surface area contributed by atoms with Crippen molar-refractivity contribution >= 4 is 9.04 Å². The van der Waals surface area contributed by atoms with Gasteiger partial charge in [0.15, 0.2) is 9.04 Å². The van der Waals surface area contributed by atoms with Crippen LogP contribution in [0.25, 0.3) is 0 Å². The summed E-state index contributed by atoms with van der Waals surface area (Å²) in [7, 11) is -0.989. The quantitative estimate of drug-likeness (QED) is 0.833. The lowest BCUT2D eigenvalue weighted by Crippen LogP contribution is -2.27. The standard InChI is InChI=1S/C14H23NOSi/c1-2-14(15)13-8-4-3-7-12(13)11-17-10-6-5-9-16-17/h3-4,7-8,14,17H,2,5-6,9-11,15H2,1H3. The first-order valence-electron chi connectivity index (χ1n) is 6.76. The second-order valence-electron chi connectivity index (χ2n) is 4.91. The van der Waals surface area contributed by atoms with Crippen molar-refractivity contribution in [1.82, 2.24) is 0 Å². The van der Waals surface area contributed by atoms with Gasteiger partial charge in [-0.1, -0.05) is 37.6 Å². The van der Waals surface area contributed by atoms with Gasteiger partial charge in [-0.2, -0.15) is 0 Å². The summed E-state index contributed by atoms with van der Waals surface area (Å²) >= 11 is 0. The monoisotopic (exact) mass is 249 g/mol. The highest BCUT2D eigenvalue weighted by Crippen LogP contribution is 2.22. The number of nitrogens with two attached hydrogens (primary N) is 1. The maximum atomic E-state index is 6.17. The summed E-state index contributed by atoms with van der Waals surface area (Å²) in [6.07, 6.45) is 3.61. The molecule has 17 heavy (non-hydrogen) atoms. The van der Waals surface area contributed by atoms with Crippen LogP contribution < -0.4 is 5.73 Å². The van der Waals surface area contributed by atoms with Crippen molar-refractivity contribution in [3.63, 3.8) is 0 Å². The Morgan fingerprint density at radius 3 is 2.88 bits per heavy atom. The first kappa shape index (κ1) is 12.8. The van der Waals surface area contributed by atoms with Gasteiger partial charge >= 0.3 is 0 Å². The minimum Gasteiger partial charge on any atom is -0.420 e. The fourth-order valence-corrected chi connectivity index (χ4v) is 5.11. The Morgan fingerprint density at radius 2 is 2.18 bits per heavy atom. The second-order valence-corrected chi connectivity index (χ2v) is 7.47. The highest BCUT2D eigenvalue weighted by molar-refractivity contribution is 6.51. The molecule has 0 amide bonds. The predicted molar refractivity (Wildman–Crippen MR) is 74.5 cm³/mol. The summed E-state index contributed by atoms with van der Waals surface area (Å²) in [5.74, 6) is 0. The van der Waals surface area contributed by atoms with E-state index < -0.39 is 9.04 Å². The van der Waals surface area contributed by atoms with Crippen LogP contribution in [0, 0.1) is 0 Å². The van der Waals surface area contributed by atoms with Crippen LogP contribution in [0.5, 0.6) is 0 Å². The Hall–Kier alpha value is -0.643. The van der Waals surface area contributed by atoms with E-state index in [2.05, 4.69) is 31.2 Å². The van der Waals surface area contributed by atoms with E-state index >= 15 is 0 Å². The van der Waals surface area contributed by atoms with E-state index in [4.69, 9.17) is 10.2 Å². The predicted octanol–water partition coefficient (Wildman–Crippen LogP) is 2.71. The van der Waals surface area contributed by atoms with Crippen LogP contribution in [0.1, 0.15) is 43.4 Å². The van der Waals surface area contributed by atoms with Crippen molar-refractivity contribution < 1.29 is 4.43 Å². The fourth-order valence-electron chi connectivity index (χ4n) is 2.52. The fraction of sp³-hybridized carbons (Fsp3) is 0.571. The normalized spacial score (nSPS) is 22.4. The molecule has 0 saturated carbocycles. The molecule has 94 valence electrons. The summed E-state index contributed by atoms with van der Waals surface area (Å²) < 4.78 is 5.95. The van der Waals surface area contributed by atoms with Crippen LogP contribution in [0.4, 0.5) is 0 Å². The van der Waals surface area contributed by atoms with Gasteiger partial charge in [0.2, 0.25) is 0 Å². The molecule has 1 heterocycles. The first-order valence-corrected chi connectivity index (χ1v) is 8.86. The molecule has 2 unspecified atom stereocenters. The summed E-state index contributed by atoms with van der Waals surface area (Å²) in [6.45, 7) is 3.13. The van der Waals surface area contributed by atoms with E-state index in [9.17, 15) is 0 Å². The van der Waals surface area contributed by atoms with Crippen LogP contribution >= 0.6 is 0 Å². The maximum Gasteiger partial charge on any atom is 0.181 e. The zero-order valence-electron chi connectivity index (χ0n) is 10.7. The Kier molecular flexibility index (Phi) is 4.77. The molecule has 1 saturated heterocycles. The highest BCUT2D eigenvalue weighted by Gasteiger charge is 2.19. The summed E-state index contributed by atoms with van der Waals surface area (Å²) in [5.41, 5.74) is 8.94. The average molecular weight is 249 g/mol. The van der Waals surface area contributed by atoms with Crippen molar-refractivity contribution in [2.45, 2.75) is 44.3 Å². The second kappa shape index (κ2) is 6.33. The molecule has 1 aliphatic rings. The Bertz CT molecular complexity index is 350. The Morgan fingerprint density at radius 1 is 1.35 bits per heavy atom. The van der Waals surface area contributed by atoms with Crippen LogP contribution in [0.15, 0.2) is 24.3 Å². The van der Waals surface area contributed by atoms with Gasteiger partial charge in [-0.25, -0.2) is 0 Å². The topological polar surface area (TPSA) is 35.2 Å². The molecule has 2 nitrogen and oxygen atoms in total. The Balaban J connectivity index is 2.08. The van der Waals surface area contributed by atoms with Gasteiger partial charge in [0.05, 0.1) is 0 Å². The summed E-state index contributed by atoms with van der Waals surface area (Å²) in [5, 5.41) is 0. The molecular weight excluding hydrogens is 226 g/mol. The van der Waals surface area contributed by atoms with Gasteiger partial charge in [0, 0.05) is 12.6 Å². The molecule has 2 atom stereocenters. The lowest BCUT2D eigenvalue weighted by atomic mass is 10.0. The minimum absolute atomic E-state index is 0.184. The average Bonchev–Trinajstić information content (AvgIpc) is 2.40. The molecule has 2 rings (SSSR count). The van der Waals surface area contributed by atoms with Crippen molar-refractivity contribution in [2.24, 2.45) is 5.73 Å². The zero-order chi connectivity index (χ0) is 12.1. The molecule has 0 bridgehead atoms. The molecule has 2 N–H and O–H groups in total. The lowest BCUT2D eigenvalue weighted by molar-refractivity contribution is 0.286. The van der Waals surface area contributed by atoms with Crippen molar-refractivity contribution in [2.75, 3.05) is 6.61 Å². The van der Waals surface area contributed by atoms with Gasteiger partial charge in [0.1, 0.15) is 0 Å². The van der Waals surface area contributed by atoms with Crippen LogP contribution in [0.2, 0.25) is 6.04 Å². The van der Waals surface area contributed by atoms with E-state index in [0.717, 1.165) is 19.1 Å². The van der Waals surface area contributed by atoms with E-state index in [1.165, 1.54) is 30.0 Å². The highest BCUT2D eigenvalue weighted by atomic mass is 28.3. The Labute approximate surface area is 106 Å². The number of rotatable bonds is 4. The van der Waals surface area contributed by atoms with Gasteiger partial charge in [-0.15, -0.1) is 0 Å². The molecule has 0 aromatic heterocycles. The van der Waals surface area contributed by atoms with E-state index in [-0.39, 0.29) is 6.04 Å².